The highest BCUT2D eigenvalue weighted by molar-refractivity contribution is 7.99. The molecule has 2 amide bonds. The summed E-state index contributed by atoms with van der Waals surface area (Å²) in [5, 5.41) is 3.03. The third kappa shape index (κ3) is 8.07. The molecule has 5 heteroatoms. The molecule has 0 radical (unpaired) electrons. The average molecular weight is 475 g/mol. The number of aryl methyl sites for hydroxylation is 1. The van der Waals surface area contributed by atoms with E-state index in [2.05, 4.69) is 17.4 Å². The van der Waals surface area contributed by atoms with E-state index in [1.807, 2.05) is 86.6 Å². The van der Waals surface area contributed by atoms with E-state index < -0.39 is 6.04 Å². The summed E-state index contributed by atoms with van der Waals surface area (Å²) in [6, 6.07) is 27.7. The minimum atomic E-state index is -0.569. The van der Waals surface area contributed by atoms with Crippen molar-refractivity contribution in [1.82, 2.24) is 10.2 Å². The fourth-order valence-electron chi connectivity index (χ4n) is 3.72. The summed E-state index contributed by atoms with van der Waals surface area (Å²) in [6.07, 6.45) is 1.33. The maximum Gasteiger partial charge on any atom is 0.243 e. The van der Waals surface area contributed by atoms with Crippen molar-refractivity contribution in [3.63, 3.8) is 0 Å². The molecule has 0 aromatic heterocycles. The lowest BCUT2D eigenvalue weighted by Gasteiger charge is -2.31. The first kappa shape index (κ1) is 25.6. The molecule has 1 atom stereocenters. The van der Waals surface area contributed by atoms with Crippen LogP contribution in [0.3, 0.4) is 0 Å². The van der Waals surface area contributed by atoms with Gasteiger partial charge in [-0.05, 0) is 30.0 Å². The highest BCUT2D eigenvalue weighted by Crippen LogP contribution is 2.19. The third-order valence-corrected chi connectivity index (χ3v) is 6.62. The Bertz CT molecular complexity index is 1020. The predicted octanol–water partition coefficient (Wildman–Crippen LogP) is 5.39. The number of carbonyl (C=O) groups excluding carboxylic acids is 2. The van der Waals surface area contributed by atoms with Gasteiger partial charge in [-0.15, -0.1) is 11.8 Å². The Balaban J connectivity index is 1.82. The van der Waals surface area contributed by atoms with Crippen molar-refractivity contribution in [3.05, 3.63) is 107 Å². The number of thioether (sulfide) groups is 1. The Hall–Kier alpha value is -3.05. The van der Waals surface area contributed by atoms with Crippen LogP contribution in [0, 0.1) is 6.92 Å². The molecular weight excluding hydrogens is 440 g/mol. The van der Waals surface area contributed by atoms with Crippen LogP contribution >= 0.6 is 11.8 Å². The van der Waals surface area contributed by atoms with Crippen molar-refractivity contribution in [2.24, 2.45) is 0 Å². The standard InChI is InChI=1S/C29H34N2O2S/c1-3-18-30-29(33)27(19-24-10-6-4-7-11-24)31(20-25-16-14-23(2)15-17-25)28(32)22-34-21-26-12-8-5-9-13-26/h4-17,27H,3,18-22H2,1-2H3,(H,30,33). The Morgan fingerprint density at radius 3 is 2.09 bits per heavy atom. The lowest BCUT2D eigenvalue weighted by Crippen LogP contribution is -2.51. The summed E-state index contributed by atoms with van der Waals surface area (Å²) in [5.74, 6) is 0.969. The molecule has 0 spiro atoms. The van der Waals surface area contributed by atoms with Gasteiger partial charge in [-0.25, -0.2) is 0 Å². The van der Waals surface area contributed by atoms with Gasteiger partial charge in [0.2, 0.25) is 11.8 Å². The number of carbonyl (C=O) groups is 2. The first-order valence-corrected chi connectivity index (χ1v) is 13.0. The number of benzene rings is 3. The number of rotatable bonds is 12. The van der Waals surface area contributed by atoms with Crippen LogP contribution in [0.15, 0.2) is 84.9 Å². The molecule has 178 valence electrons. The topological polar surface area (TPSA) is 49.4 Å². The first-order chi connectivity index (χ1) is 16.6. The smallest absolute Gasteiger partial charge is 0.243 e. The molecular formula is C29H34N2O2S. The molecule has 0 saturated heterocycles. The maximum atomic E-state index is 13.5. The van der Waals surface area contributed by atoms with Crippen molar-refractivity contribution < 1.29 is 9.59 Å². The van der Waals surface area contributed by atoms with Crippen molar-refractivity contribution in [1.29, 1.82) is 0 Å². The van der Waals surface area contributed by atoms with Gasteiger partial charge >= 0.3 is 0 Å². The Kier molecular flexibility index (Phi) is 10.2. The first-order valence-electron chi connectivity index (χ1n) is 11.8. The fraction of sp³-hybridized carbons (Fsp3) is 0.310. The third-order valence-electron chi connectivity index (χ3n) is 5.63. The molecule has 0 saturated carbocycles. The molecule has 34 heavy (non-hydrogen) atoms. The van der Waals surface area contributed by atoms with E-state index in [9.17, 15) is 9.59 Å². The number of hydrogen-bond donors (Lipinski definition) is 1. The average Bonchev–Trinajstić information content (AvgIpc) is 2.87. The van der Waals surface area contributed by atoms with Gasteiger partial charge in [0.15, 0.2) is 0 Å². The quantitative estimate of drug-likeness (QED) is 0.383. The fourth-order valence-corrected chi connectivity index (χ4v) is 4.59. The molecule has 3 rings (SSSR count). The molecule has 3 aromatic rings. The normalized spacial score (nSPS) is 11.6. The molecule has 0 aliphatic carbocycles. The lowest BCUT2D eigenvalue weighted by molar-refractivity contribution is -0.139. The highest BCUT2D eigenvalue weighted by Gasteiger charge is 2.30. The summed E-state index contributed by atoms with van der Waals surface area (Å²) in [4.78, 5) is 28.6. The molecule has 0 aliphatic rings. The van der Waals surface area contributed by atoms with Crippen LogP contribution in [0.5, 0.6) is 0 Å². The molecule has 1 unspecified atom stereocenters. The Labute approximate surface area is 207 Å². The van der Waals surface area contributed by atoms with Crippen molar-refractivity contribution in [2.75, 3.05) is 12.3 Å². The summed E-state index contributed by atoms with van der Waals surface area (Å²) in [5.41, 5.74) is 4.42. The Morgan fingerprint density at radius 1 is 0.853 bits per heavy atom. The van der Waals surface area contributed by atoms with Crippen molar-refractivity contribution >= 4 is 23.6 Å². The predicted molar refractivity (Wildman–Crippen MR) is 142 cm³/mol. The van der Waals surface area contributed by atoms with Crippen LogP contribution in [0.1, 0.15) is 35.6 Å². The van der Waals surface area contributed by atoms with Gasteiger partial charge in [0.05, 0.1) is 5.75 Å². The van der Waals surface area contributed by atoms with Crippen LogP contribution in [0.2, 0.25) is 0 Å². The zero-order valence-corrected chi connectivity index (χ0v) is 20.9. The summed E-state index contributed by atoms with van der Waals surface area (Å²) < 4.78 is 0. The second-order valence-electron chi connectivity index (χ2n) is 8.48. The molecule has 1 N–H and O–H groups in total. The van der Waals surface area contributed by atoms with Gasteiger partial charge in [0.1, 0.15) is 6.04 Å². The van der Waals surface area contributed by atoms with E-state index in [1.165, 1.54) is 11.1 Å². The number of nitrogens with zero attached hydrogens (tertiary/aromatic N) is 1. The molecule has 0 heterocycles. The zero-order chi connectivity index (χ0) is 24.2. The summed E-state index contributed by atoms with van der Waals surface area (Å²) in [6.45, 7) is 5.08. The van der Waals surface area contributed by atoms with Gasteiger partial charge < -0.3 is 10.2 Å². The molecule has 0 bridgehead atoms. The minimum absolute atomic E-state index is 0.0194. The monoisotopic (exact) mass is 474 g/mol. The van der Waals surface area contributed by atoms with Gasteiger partial charge in [-0.3, -0.25) is 9.59 Å². The molecule has 3 aromatic carbocycles. The van der Waals surface area contributed by atoms with E-state index in [0.717, 1.165) is 23.3 Å². The highest BCUT2D eigenvalue weighted by atomic mass is 32.2. The lowest BCUT2D eigenvalue weighted by atomic mass is 10.0. The van der Waals surface area contributed by atoms with Gasteiger partial charge in [-0.1, -0.05) is 97.4 Å². The van der Waals surface area contributed by atoms with Crippen molar-refractivity contribution in [3.8, 4) is 0 Å². The van der Waals surface area contributed by atoms with E-state index in [-0.39, 0.29) is 11.8 Å². The SMILES string of the molecule is CCCNC(=O)C(Cc1ccccc1)N(Cc1ccc(C)cc1)C(=O)CSCc1ccccc1. The van der Waals surface area contributed by atoms with Crippen LogP contribution in [0.4, 0.5) is 0 Å². The summed E-state index contributed by atoms with van der Waals surface area (Å²) >= 11 is 1.59. The van der Waals surface area contributed by atoms with E-state index >= 15 is 0 Å². The second-order valence-corrected chi connectivity index (χ2v) is 9.47. The van der Waals surface area contributed by atoms with E-state index in [1.54, 1.807) is 16.7 Å². The Morgan fingerprint density at radius 2 is 1.47 bits per heavy atom. The molecule has 4 nitrogen and oxygen atoms in total. The van der Waals surface area contributed by atoms with Gasteiger partial charge in [0, 0.05) is 25.3 Å². The van der Waals surface area contributed by atoms with Gasteiger partial charge in [0.25, 0.3) is 0 Å². The van der Waals surface area contributed by atoms with Gasteiger partial charge in [-0.2, -0.15) is 0 Å². The van der Waals surface area contributed by atoms with Crippen LogP contribution in [-0.2, 0) is 28.3 Å². The number of nitrogens with one attached hydrogen (secondary N) is 1. The largest absolute Gasteiger partial charge is 0.354 e. The zero-order valence-electron chi connectivity index (χ0n) is 20.1. The van der Waals surface area contributed by atoms with Crippen LogP contribution in [-0.4, -0.2) is 35.1 Å². The van der Waals surface area contributed by atoms with E-state index in [0.29, 0.717) is 25.3 Å². The maximum absolute atomic E-state index is 13.5. The van der Waals surface area contributed by atoms with Crippen LogP contribution in [0.25, 0.3) is 0 Å². The summed E-state index contributed by atoms with van der Waals surface area (Å²) in [7, 11) is 0. The minimum Gasteiger partial charge on any atom is -0.354 e. The van der Waals surface area contributed by atoms with Crippen LogP contribution < -0.4 is 5.32 Å². The second kappa shape index (κ2) is 13.6. The van der Waals surface area contributed by atoms with Crippen molar-refractivity contribution in [2.45, 2.75) is 45.0 Å². The number of hydrogen-bond acceptors (Lipinski definition) is 3. The molecule has 0 fully saturated rings. The molecule has 0 aliphatic heterocycles. The van der Waals surface area contributed by atoms with E-state index in [4.69, 9.17) is 0 Å². The number of amides is 2.